The van der Waals surface area contributed by atoms with Crippen molar-refractivity contribution in [1.29, 1.82) is 0 Å². The fourth-order valence-electron chi connectivity index (χ4n) is 5.11. The average Bonchev–Trinajstić information content (AvgIpc) is 3.23. The summed E-state index contributed by atoms with van der Waals surface area (Å²) in [6.45, 7) is -0.459. The Morgan fingerprint density at radius 3 is 2.61 bits per heavy atom. The maximum absolute atomic E-state index is 13.0. The molecule has 2 saturated heterocycles. The first-order valence-corrected chi connectivity index (χ1v) is 10.8. The quantitative estimate of drug-likeness (QED) is 0.375. The van der Waals surface area contributed by atoms with E-state index in [2.05, 4.69) is 4.74 Å². The molecule has 3 aliphatic rings. The van der Waals surface area contributed by atoms with Crippen molar-refractivity contribution in [1.82, 2.24) is 4.90 Å². The van der Waals surface area contributed by atoms with E-state index in [4.69, 9.17) is 9.47 Å². The number of phenolic OH excluding ortho intramolecular Hbond substituents is 1. The van der Waals surface area contributed by atoms with Gasteiger partial charge in [-0.15, -0.1) is 0 Å². The van der Waals surface area contributed by atoms with Gasteiger partial charge in [-0.05, 0) is 53.1 Å². The number of amides is 3. The monoisotopic (exact) mass is 547 g/mol. The third-order valence-corrected chi connectivity index (χ3v) is 7.41. The lowest BCUT2D eigenvalue weighted by molar-refractivity contribution is -0.274. The van der Waals surface area contributed by atoms with Gasteiger partial charge in [0.2, 0.25) is 11.8 Å². The standard InChI is InChI=1S/C20H22INO9/c1-29-14-4-8(3-12(21)16(14)24)13-6-11-15-10(5-9(7-23)20(11,28)31-13)17(25)22(18(15)26)19(27)30-2/h3-4,9-11,13,15,23-24,28H,5-7H2,1-2H3/t9-,10+,11+,13+,15+,20-/m1/s1. The first-order valence-electron chi connectivity index (χ1n) is 9.71. The van der Waals surface area contributed by atoms with Gasteiger partial charge in [-0.25, -0.2) is 4.79 Å². The van der Waals surface area contributed by atoms with Gasteiger partial charge in [0.15, 0.2) is 17.3 Å². The summed E-state index contributed by atoms with van der Waals surface area (Å²) >= 11 is 1.94. The van der Waals surface area contributed by atoms with Crippen LogP contribution in [0.2, 0.25) is 0 Å². The van der Waals surface area contributed by atoms with Crippen LogP contribution in [-0.4, -0.2) is 64.7 Å². The number of methoxy groups -OCH3 is 2. The lowest BCUT2D eigenvalue weighted by Gasteiger charge is -2.44. The second-order valence-corrected chi connectivity index (χ2v) is 9.15. The highest BCUT2D eigenvalue weighted by Crippen LogP contribution is 2.58. The molecule has 1 saturated carbocycles. The zero-order valence-corrected chi connectivity index (χ0v) is 18.9. The van der Waals surface area contributed by atoms with E-state index < -0.39 is 60.1 Å². The van der Waals surface area contributed by atoms with Gasteiger partial charge in [-0.1, -0.05) is 0 Å². The van der Waals surface area contributed by atoms with Crippen molar-refractivity contribution in [2.45, 2.75) is 24.7 Å². The van der Waals surface area contributed by atoms with E-state index in [1.807, 2.05) is 22.6 Å². The van der Waals surface area contributed by atoms with Crippen molar-refractivity contribution in [3.63, 3.8) is 0 Å². The lowest BCUT2D eigenvalue weighted by Crippen LogP contribution is -2.54. The maximum atomic E-state index is 13.0. The SMILES string of the molecule is COC(=O)N1C(=O)[C@H]2[C@H](C[C@H](CO)[C@@]3(O)O[C@H](c4cc(I)c(O)c(OC)c4)C[C@@H]23)C1=O. The smallest absolute Gasteiger partial charge is 0.423 e. The number of benzene rings is 1. The third-order valence-electron chi connectivity index (χ3n) is 6.58. The van der Waals surface area contributed by atoms with Crippen molar-refractivity contribution >= 4 is 40.5 Å². The van der Waals surface area contributed by atoms with Crippen LogP contribution in [0, 0.1) is 27.2 Å². The molecule has 2 heterocycles. The molecule has 1 aromatic rings. The number of hydrogen-bond donors (Lipinski definition) is 3. The molecule has 6 atom stereocenters. The molecule has 10 nitrogen and oxygen atoms in total. The van der Waals surface area contributed by atoms with E-state index in [0.29, 0.717) is 14.0 Å². The van der Waals surface area contributed by atoms with Crippen molar-refractivity contribution in [3.05, 3.63) is 21.3 Å². The molecule has 0 unspecified atom stereocenters. The molecule has 2 aliphatic heterocycles. The number of carbonyl (C=O) groups is 3. The number of phenols is 1. The largest absolute Gasteiger partial charge is 0.504 e. The number of imide groups is 3. The number of likely N-dealkylation sites (tertiary alicyclic amines) is 1. The van der Waals surface area contributed by atoms with Crippen molar-refractivity contribution in [2.75, 3.05) is 20.8 Å². The zero-order chi connectivity index (χ0) is 22.7. The van der Waals surface area contributed by atoms with E-state index in [0.717, 1.165) is 7.11 Å². The van der Waals surface area contributed by atoms with Crippen LogP contribution in [0.25, 0.3) is 0 Å². The molecule has 4 rings (SSSR count). The Hall–Kier alpha value is -1.96. The van der Waals surface area contributed by atoms with Crippen LogP contribution >= 0.6 is 22.6 Å². The molecule has 0 bridgehead atoms. The van der Waals surface area contributed by atoms with Gasteiger partial charge < -0.3 is 29.5 Å². The van der Waals surface area contributed by atoms with Gasteiger partial charge in [0.25, 0.3) is 0 Å². The predicted octanol–water partition coefficient (Wildman–Crippen LogP) is 1.15. The topological polar surface area (TPSA) is 143 Å². The summed E-state index contributed by atoms with van der Waals surface area (Å²) in [5, 5.41) is 31.4. The van der Waals surface area contributed by atoms with E-state index >= 15 is 0 Å². The molecular formula is C20H22INO9. The Balaban J connectivity index is 1.73. The predicted molar refractivity (Wildman–Crippen MR) is 111 cm³/mol. The number of aliphatic hydroxyl groups excluding tert-OH is 1. The molecule has 3 fully saturated rings. The van der Waals surface area contributed by atoms with Gasteiger partial charge in [-0.3, -0.25) is 9.59 Å². The fraction of sp³-hybridized carbons (Fsp3) is 0.550. The Morgan fingerprint density at radius 1 is 1.29 bits per heavy atom. The molecular weight excluding hydrogens is 525 g/mol. The minimum absolute atomic E-state index is 0.00458. The van der Waals surface area contributed by atoms with Crippen LogP contribution in [-0.2, 0) is 19.1 Å². The number of rotatable bonds is 3. The Bertz CT molecular complexity index is 953. The third kappa shape index (κ3) is 3.20. The van der Waals surface area contributed by atoms with Crippen molar-refractivity contribution < 1.29 is 43.9 Å². The average molecular weight is 547 g/mol. The minimum atomic E-state index is -1.86. The van der Waals surface area contributed by atoms with Gasteiger partial charge in [0.1, 0.15) is 0 Å². The Labute approximate surface area is 191 Å². The summed E-state index contributed by atoms with van der Waals surface area (Å²) in [7, 11) is 2.49. The highest BCUT2D eigenvalue weighted by molar-refractivity contribution is 14.1. The number of hydrogen-bond acceptors (Lipinski definition) is 9. The summed E-state index contributed by atoms with van der Waals surface area (Å²) in [5.74, 6) is -6.55. The molecule has 0 spiro atoms. The van der Waals surface area contributed by atoms with Crippen LogP contribution < -0.4 is 4.74 Å². The molecule has 3 N–H and O–H groups in total. The van der Waals surface area contributed by atoms with E-state index in [1.54, 1.807) is 12.1 Å². The number of nitrogens with zero attached hydrogens (tertiary/aromatic N) is 1. The number of fused-ring (bicyclic) bond motifs is 3. The van der Waals surface area contributed by atoms with Gasteiger partial charge >= 0.3 is 6.09 Å². The van der Waals surface area contributed by atoms with Crippen LogP contribution in [0.4, 0.5) is 4.79 Å². The minimum Gasteiger partial charge on any atom is -0.504 e. The summed E-state index contributed by atoms with van der Waals surface area (Å²) in [6, 6.07) is 3.26. The molecule has 168 valence electrons. The molecule has 1 aromatic carbocycles. The number of carbonyl (C=O) groups excluding carboxylic acids is 3. The first kappa shape index (κ1) is 22.2. The normalized spacial score (nSPS) is 34.5. The van der Waals surface area contributed by atoms with Gasteiger partial charge in [0, 0.05) is 11.8 Å². The lowest BCUT2D eigenvalue weighted by atomic mass is 9.64. The molecule has 3 amide bonds. The number of aromatic hydroxyl groups is 1. The Kier molecular flexibility index (Phi) is 5.65. The van der Waals surface area contributed by atoms with Crippen LogP contribution in [0.5, 0.6) is 11.5 Å². The highest BCUT2D eigenvalue weighted by atomic mass is 127. The first-order chi connectivity index (χ1) is 14.7. The molecule has 0 aromatic heterocycles. The fourth-order valence-corrected chi connectivity index (χ4v) is 5.73. The second kappa shape index (κ2) is 7.87. The zero-order valence-electron chi connectivity index (χ0n) is 16.8. The van der Waals surface area contributed by atoms with Crippen LogP contribution in [0.3, 0.4) is 0 Å². The summed E-state index contributed by atoms with van der Waals surface area (Å²) < 4.78 is 16.3. The van der Waals surface area contributed by atoms with Gasteiger partial charge in [-0.2, -0.15) is 4.90 Å². The highest BCUT2D eigenvalue weighted by Gasteiger charge is 2.67. The molecule has 11 heteroatoms. The number of halogens is 1. The molecule has 31 heavy (non-hydrogen) atoms. The van der Waals surface area contributed by atoms with E-state index in [-0.39, 0.29) is 24.3 Å². The Morgan fingerprint density at radius 2 is 2.00 bits per heavy atom. The number of ether oxygens (including phenoxy) is 3. The van der Waals surface area contributed by atoms with E-state index in [1.165, 1.54) is 7.11 Å². The second-order valence-electron chi connectivity index (χ2n) is 7.98. The van der Waals surface area contributed by atoms with Gasteiger partial charge in [0.05, 0.1) is 42.3 Å². The summed E-state index contributed by atoms with van der Waals surface area (Å²) in [5.41, 5.74) is 0.608. The molecule has 0 radical (unpaired) electrons. The van der Waals surface area contributed by atoms with Crippen molar-refractivity contribution in [3.8, 4) is 11.5 Å². The maximum Gasteiger partial charge on any atom is 0.423 e. The van der Waals surface area contributed by atoms with Crippen molar-refractivity contribution in [2.24, 2.45) is 23.7 Å². The van der Waals surface area contributed by atoms with E-state index in [9.17, 15) is 29.7 Å². The number of aliphatic hydroxyl groups is 2. The van der Waals surface area contributed by atoms with Crippen LogP contribution in [0.1, 0.15) is 24.5 Å². The summed E-state index contributed by atoms with van der Waals surface area (Å²) in [4.78, 5) is 38.3. The summed E-state index contributed by atoms with van der Waals surface area (Å²) in [6.07, 6.45) is -1.58. The van der Waals surface area contributed by atoms with Crippen LogP contribution in [0.15, 0.2) is 12.1 Å². The molecule has 1 aliphatic carbocycles.